The van der Waals surface area contributed by atoms with E-state index in [1.165, 1.54) is 15.9 Å². The van der Waals surface area contributed by atoms with Crippen molar-refractivity contribution in [3.8, 4) is 11.0 Å². The molecular formula is C15H9ClN6OS2. The van der Waals surface area contributed by atoms with Crippen molar-refractivity contribution in [3.63, 3.8) is 0 Å². The number of halogens is 1. The Morgan fingerprint density at radius 2 is 2.04 bits per heavy atom. The second kappa shape index (κ2) is 6.36. The molecule has 7 nitrogen and oxygen atoms in total. The minimum atomic E-state index is -0.0602. The lowest BCUT2D eigenvalue weighted by atomic mass is 10.1. The van der Waals surface area contributed by atoms with Gasteiger partial charge in [0, 0.05) is 22.2 Å². The molecule has 0 amide bonds. The molecule has 1 aromatic carbocycles. The molecule has 2 aromatic heterocycles. The van der Waals surface area contributed by atoms with E-state index in [1.54, 1.807) is 29.8 Å². The molecule has 0 unspecified atom stereocenters. The van der Waals surface area contributed by atoms with E-state index in [9.17, 15) is 5.11 Å². The maximum absolute atomic E-state index is 10.5. The summed E-state index contributed by atoms with van der Waals surface area (Å²) in [7, 11) is 0. The minimum absolute atomic E-state index is 0.0602. The largest absolute Gasteiger partial charge is 0.493 e. The Bertz CT molecular complexity index is 1080. The quantitative estimate of drug-likeness (QED) is 0.707. The molecule has 1 aliphatic rings. The highest BCUT2D eigenvalue weighted by molar-refractivity contribution is 7.13. The van der Waals surface area contributed by atoms with Crippen molar-refractivity contribution in [1.82, 2.24) is 9.55 Å². The van der Waals surface area contributed by atoms with Gasteiger partial charge in [0.15, 0.2) is 9.93 Å². The van der Waals surface area contributed by atoms with Crippen LogP contribution in [-0.2, 0) is 0 Å². The summed E-state index contributed by atoms with van der Waals surface area (Å²) in [6.07, 6.45) is 3.28. The first-order chi connectivity index (χ1) is 12.1. The van der Waals surface area contributed by atoms with Crippen LogP contribution < -0.4 is 4.80 Å². The van der Waals surface area contributed by atoms with Crippen LogP contribution in [0.2, 0.25) is 5.02 Å². The zero-order chi connectivity index (χ0) is 17.4. The van der Waals surface area contributed by atoms with Crippen molar-refractivity contribution in [2.45, 2.75) is 0 Å². The van der Waals surface area contributed by atoms with E-state index >= 15 is 0 Å². The number of aromatic hydroxyl groups is 1. The van der Waals surface area contributed by atoms with E-state index in [1.807, 2.05) is 12.1 Å². The molecular weight excluding hydrogens is 380 g/mol. The molecule has 10 heteroatoms. The van der Waals surface area contributed by atoms with Crippen LogP contribution in [0.3, 0.4) is 0 Å². The molecule has 4 rings (SSSR count). The maximum Gasteiger partial charge on any atom is 0.217 e. The van der Waals surface area contributed by atoms with Crippen molar-refractivity contribution in [2.75, 3.05) is 0 Å². The molecule has 2 N–H and O–H groups in total. The van der Waals surface area contributed by atoms with Gasteiger partial charge in [-0.2, -0.15) is 0 Å². The summed E-state index contributed by atoms with van der Waals surface area (Å²) in [5, 5.41) is 33.3. The molecule has 1 aliphatic heterocycles. The summed E-state index contributed by atoms with van der Waals surface area (Å²) in [5.41, 5.74) is 1.90. The highest BCUT2D eigenvalue weighted by Gasteiger charge is 2.19. The van der Waals surface area contributed by atoms with Gasteiger partial charge < -0.3 is 5.11 Å². The Hall–Kier alpha value is -2.62. The summed E-state index contributed by atoms with van der Waals surface area (Å²) in [6, 6.07) is 7.17. The van der Waals surface area contributed by atoms with Crippen LogP contribution in [0.5, 0.6) is 5.88 Å². The molecule has 0 bridgehead atoms. The first kappa shape index (κ1) is 15.9. The lowest BCUT2D eigenvalue weighted by Crippen LogP contribution is -2.09. The van der Waals surface area contributed by atoms with E-state index < -0.39 is 0 Å². The van der Waals surface area contributed by atoms with Gasteiger partial charge in [-0.15, -0.1) is 21.6 Å². The third-order valence-electron chi connectivity index (χ3n) is 3.38. The number of nitrogens with zero attached hydrogens (tertiary/aromatic N) is 5. The van der Waals surface area contributed by atoms with Crippen molar-refractivity contribution in [1.29, 1.82) is 5.41 Å². The number of allylic oxidation sites excluding steroid dienone is 1. The molecule has 0 spiro atoms. The van der Waals surface area contributed by atoms with E-state index in [0.717, 1.165) is 16.9 Å². The number of hydrogen-bond acceptors (Lipinski definition) is 8. The van der Waals surface area contributed by atoms with Crippen LogP contribution in [0.15, 0.2) is 57.0 Å². The Labute approximate surface area is 154 Å². The van der Waals surface area contributed by atoms with Crippen LogP contribution in [0.1, 0.15) is 10.4 Å². The third-order valence-corrected chi connectivity index (χ3v) is 5.28. The third kappa shape index (κ3) is 2.93. The number of benzene rings is 1. The lowest BCUT2D eigenvalue weighted by Gasteiger charge is -2.01. The molecule has 0 radical (unpaired) electrons. The molecule has 3 heterocycles. The standard InChI is InChI=1S/C15H9ClN6OS2/c16-9-3-1-8(2-4-9)12-10(19-21-20-12)7-11-13(23)22(14(17)25-11)15-18-5-6-24-15/h1-7,17,23H. The predicted molar refractivity (Wildman–Crippen MR) is 97.7 cm³/mol. The fraction of sp³-hybridized carbons (Fsp3) is 0. The fourth-order valence-corrected chi connectivity index (χ4v) is 3.91. The average Bonchev–Trinajstić information content (AvgIpc) is 3.31. The molecule has 25 heavy (non-hydrogen) atoms. The van der Waals surface area contributed by atoms with E-state index in [2.05, 4.69) is 20.4 Å². The summed E-state index contributed by atoms with van der Waals surface area (Å²) < 4.78 is 1.38. The lowest BCUT2D eigenvalue weighted by molar-refractivity contribution is 0.438. The van der Waals surface area contributed by atoms with Crippen LogP contribution in [-0.4, -0.2) is 20.4 Å². The summed E-state index contributed by atoms with van der Waals surface area (Å²) in [5.74, 6) is -0.0602. The highest BCUT2D eigenvalue weighted by atomic mass is 35.5. The van der Waals surface area contributed by atoms with Gasteiger partial charge in [-0.05, 0) is 23.4 Å². The zero-order valence-corrected chi connectivity index (χ0v) is 14.8. The van der Waals surface area contributed by atoms with Gasteiger partial charge in [0.25, 0.3) is 0 Å². The fourth-order valence-electron chi connectivity index (χ4n) is 2.25. The van der Waals surface area contributed by atoms with Crippen LogP contribution in [0, 0.1) is 5.41 Å². The maximum atomic E-state index is 10.5. The molecule has 0 saturated heterocycles. The molecule has 0 fully saturated rings. The van der Waals surface area contributed by atoms with E-state index in [4.69, 9.17) is 17.0 Å². The monoisotopic (exact) mass is 388 g/mol. The summed E-state index contributed by atoms with van der Waals surface area (Å²) in [4.78, 5) is 4.78. The van der Waals surface area contributed by atoms with Gasteiger partial charge in [-0.1, -0.05) is 35.1 Å². The van der Waals surface area contributed by atoms with Gasteiger partial charge in [-0.25, -0.2) is 9.55 Å². The van der Waals surface area contributed by atoms with Gasteiger partial charge in [0.1, 0.15) is 11.4 Å². The van der Waals surface area contributed by atoms with Gasteiger partial charge in [0.05, 0.1) is 4.88 Å². The molecule has 3 aromatic rings. The smallest absolute Gasteiger partial charge is 0.217 e. The number of thiazole rings is 2. The van der Waals surface area contributed by atoms with Gasteiger partial charge in [-0.3, -0.25) is 5.41 Å². The number of aromatic nitrogens is 2. The van der Waals surface area contributed by atoms with E-state index in [-0.39, 0.29) is 10.7 Å². The first-order valence-electron chi connectivity index (χ1n) is 6.99. The number of nitrogens with one attached hydrogen (secondary N) is 1. The second-order valence-electron chi connectivity index (χ2n) is 4.92. The Kier molecular flexibility index (Phi) is 4.04. The topological polar surface area (TPSA) is 99.0 Å². The Morgan fingerprint density at radius 1 is 1.24 bits per heavy atom. The summed E-state index contributed by atoms with van der Waals surface area (Å²) >= 11 is 8.37. The van der Waals surface area contributed by atoms with Gasteiger partial charge >= 0.3 is 0 Å². The first-order valence-corrected chi connectivity index (χ1v) is 9.07. The van der Waals surface area contributed by atoms with Crippen LogP contribution in [0.25, 0.3) is 11.2 Å². The van der Waals surface area contributed by atoms with Crippen LogP contribution >= 0.6 is 34.3 Å². The van der Waals surface area contributed by atoms with Crippen molar-refractivity contribution >= 4 is 46.1 Å². The Morgan fingerprint density at radius 3 is 2.76 bits per heavy atom. The normalized spacial score (nSPS) is 15.1. The van der Waals surface area contributed by atoms with Gasteiger partial charge in [0.2, 0.25) is 5.88 Å². The zero-order valence-electron chi connectivity index (χ0n) is 12.4. The number of hydrogen-bond donors (Lipinski definition) is 2. The minimum Gasteiger partial charge on any atom is -0.493 e. The molecule has 0 atom stereocenters. The predicted octanol–water partition coefficient (Wildman–Crippen LogP) is 4.04. The van der Waals surface area contributed by atoms with Crippen LogP contribution in [0.4, 0.5) is 0 Å². The van der Waals surface area contributed by atoms with Crippen molar-refractivity contribution in [2.24, 2.45) is 15.4 Å². The second-order valence-corrected chi connectivity index (χ2v) is 7.26. The van der Waals surface area contributed by atoms with Crippen molar-refractivity contribution < 1.29 is 5.11 Å². The molecule has 0 aliphatic carbocycles. The van der Waals surface area contributed by atoms with E-state index in [0.29, 0.717) is 26.4 Å². The average molecular weight is 389 g/mol. The molecule has 124 valence electrons. The highest BCUT2D eigenvalue weighted by Crippen LogP contribution is 2.29. The SMILES string of the molecule is N=c1sc(C=C2N=NN=C2c2ccc(Cl)cc2)c(O)n1-c1nccs1. The number of rotatable bonds is 3. The Balaban J connectivity index is 1.75. The molecule has 0 saturated carbocycles. The van der Waals surface area contributed by atoms with Crippen molar-refractivity contribution in [3.05, 3.63) is 61.8 Å². The summed E-state index contributed by atoms with van der Waals surface area (Å²) in [6.45, 7) is 0.